The Morgan fingerprint density at radius 3 is 2.56 bits per heavy atom. The summed E-state index contributed by atoms with van der Waals surface area (Å²) in [5.41, 5.74) is 1.85. The second-order valence-electron chi connectivity index (χ2n) is 7.62. The van der Waals surface area contributed by atoms with Crippen molar-refractivity contribution in [1.82, 2.24) is 14.9 Å². The number of aromatic nitrogens is 2. The Morgan fingerprint density at radius 2 is 1.79 bits per heavy atom. The number of fused-ring (bicyclic) bond motifs is 1. The minimum atomic E-state index is -0.238. The van der Waals surface area contributed by atoms with E-state index in [2.05, 4.69) is 10.3 Å². The van der Waals surface area contributed by atoms with Crippen molar-refractivity contribution in [2.24, 2.45) is 0 Å². The Hall–Kier alpha value is -3.65. The first-order valence-corrected chi connectivity index (χ1v) is 12.1. The number of hydrogen-bond acceptors (Lipinski definition) is 6. The number of thiophene rings is 1. The van der Waals surface area contributed by atoms with Crippen molar-refractivity contribution in [2.45, 2.75) is 26.8 Å². The predicted octanol–water partition coefficient (Wildman–Crippen LogP) is 4.28. The smallest absolute Gasteiger partial charge is 0.262 e. The van der Waals surface area contributed by atoms with Crippen LogP contribution in [-0.2, 0) is 17.8 Å². The van der Waals surface area contributed by atoms with Gasteiger partial charge in [0.1, 0.15) is 11.4 Å². The number of nitrogens with one attached hydrogen (secondary N) is 1. The van der Waals surface area contributed by atoms with Crippen molar-refractivity contribution in [3.8, 4) is 21.9 Å². The fourth-order valence-electron chi connectivity index (χ4n) is 3.63. The van der Waals surface area contributed by atoms with Gasteiger partial charge in [0.15, 0.2) is 11.5 Å². The zero-order valence-electron chi connectivity index (χ0n) is 19.2. The molecule has 0 saturated heterocycles. The van der Waals surface area contributed by atoms with Crippen LogP contribution in [0.1, 0.15) is 19.4 Å². The monoisotopic (exact) mass is 477 g/mol. The molecule has 8 heteroatoms. The van der Waals surface area contributed by atoms with E-state index in [0.29, 0.717) is 47.9 Å². The maximum atomic E-state index is 12.9. The lowest BCUT2D eigenvalue weighted by atomic mass is 10.1. The topological polar surface area (TPSA) is 82.5 Å². The molecular weight excluding hydrogens is 450 g/mol. The van der Waals surface area contributed by atoms with E-state index < -0.39 is 0 Å². The molecule has 176 valence electrons. The summed E-state index contributed by atoms with van der Waals surface area (Å²) < 4.78 is 12.6. The Kier molecular flexibility index (Phi) is 7.59. The Labute approximate surface area is 202 Å². The van der Waals surface area contributed by atoms with E-state index in [1.54, 1.807) is 0 Å². The van der Waals surface area contributed by atoms with Crippen LogP contribution in [0.2, 0.25) is 0 Å². The van der Waals surface area contributed by atoms with Gasteiger partial charge >= 0.3 is 0 Å². The van der Waals surface area contributed by atoms with Gasteiger partial charge in [-0.15, -0.1) is 11.3 Å². The largest absolute Gasteiger partial charge is 0.490 e. The maximum Gasteiger partial charge on any atom is 0.262 e. The molecule has 0 aliphatic rings. The van der Waals surface area contributed by atoms with E-state index in [1.165, 1.54) is 22.2 Å². The lowest BCUT2D eigenvalue weighted by molar-refractivity contribution is -0.121. The molecule has 0 radical (unpaired) electrons. The number of rotatable bonds is 10. The minimum absolute atomic E-state index is 0.0776. The fraction of sp³-hybridized carbons (Fsp3) is 0.269. The number of nitrogens with zero attached hydrogens (tertiary/aromatic N) is 2. The van der Waals surface area contributed by atoms with Gasteiger partial charge in [0, 0.05) is 11.4 Å². The summed E-state index contributed by atoms with van der Waals surface area (Å²) >= 11 is 1.47. The molecule has 2 aromatic heterocycles. The van der Waals surface area contributed by atoms with Crippen LogP contribution in [0, 0.1) is 0 Å². The normalized spacial score (nSPS) is 10.9. The second kappa shape index (κ2) is 11.0. The van der Waals surface area contributed by atoms with Crippen LogP contribution in [0.3, 0.4) is 0 Å². The molecule has 0 fully saturated rings. The summed E-state index contributed by atoms with van der Waals surface area (Å²) in [6.07, 6.45) is 2.08. The van der Waals surface area contributed by atoms with Crippen molar-refractivity contribution >= 4 is 27.5 Å². The van der Waals surface area contributed by atoms with Gasteiger partial charge in [-0.2, -0.15) is 0 Å². The highest BCUT2D eigenvalue weighted by Crippen LogP contribution is 2.30. The third kappa shape index (κ3) is 5.46. The average molecular weight is 478 g/mol. The second-order valence-corrected chi connectivity index (χ2v) is 8.65. The first kappa shape index (κ1) is 23.5. The minimum Gasteiger partial charge on any atom is -0.490 e. The SMILES string of the molecule is CCOc1ccc(CCNC(=O)Cn2cnc3sc(-c4ccccc4)cc3c2=O)cc1OCC. The van der Waals surface area contributed by atoms with Crippen LogP contribution in [0.15, 0.2) is 65.7 Å². The van der Waals surface area contributed by atoms with E-state index in [4.69, 9.17) is 9.47 Å². The predicted molar refractivity (Wildman–Crippen MR) is 135 cm³/mol. The molecule has 0 bridgehead atoms. The number of carbonyl (C=O) groups is 1. The maximum absolute atomic E-state index is 12.9. The lowest BCUT2D eigenvalue weighted by Gasteiger charge is -2.13. The molecule has 0 atom stereocenters. The van der Waals surface area contributed by atoms with Crippen molar-refractivity contribution in [2.75, 3.05) is 19.8 Å². The van der Waals surface area contributed by atoms with Crippen LogP contribution in [0.25, 0.3) is 20.7 Å². The van der Waals surface area contributed by atoms with Crippen LogP contribution in [0.4, 0.5) is 0 Å². The molecule has 1 N–H and O–H groups in total. The van der Waals surface area contributed by atoms with E-state index >= 15 is 0 Å². The highest BCUT2D eigenvalue weighted by molar-refractivity contribution is 7.21. The molecule has 0 saturated carbocycles. The molecule has 2 heterocycles. The van der Waals surface area contributed by atoms with Crippen molar-refractivity contribution in [1.29, 1.82) is 0 Å². The van der Waals surface area contributed by atoms with Gasteiger partial charge < -0.3 is 14.8 Å². The lowest BCUT2D eigenvalue weighted by Crippen LogP contribution is -2.33. The van der Waals surface area contributed by atoms with Crippen LogP contribution in [0.5, 0.6) is 11.5 Å². The van der Waals surface area contributed by atoms with E-state index in [0.717, 1.165) is 16.0 Å². The molecule has 4 rings (SSSR count). The van der Waals surface area contributed by atoms with Crippen LogP contribution >= 0.6 is 11.3 Å². The summed E-state index contributed by atoms with van der Waals surface area (Å²) in [5, 5.41) is 3.41. The molecule has 34 heavy (non-hydrogen) atoms. The van der Waals surface area contributed by atoms with Gasteiger partial charge in [-0.25, -0.2) is 4.98 Å². The Bertz CT molecular complexity index is 1330. The molecular formula is C26H27N3O4S. The van der Waals surface area contributed by atoms with E-state index in [9.17, 15) is 9.59 Å². The number of ether oxygens (including phenoxy) is 2. The molecule has 0 unspecified atom stereocenters. The van der Waals surface area contributed by atoms with Gasteiger partial charge in [-0.3, -0.25) is 14.2 Å². The average Bonchev–Trinajstić information content (AvgIpc) is 3.29. The number of carbonyl (C=O) groups excluding carboxylic acids is 1. The van der Waals surface area contributed by atoms with Crippen molar-refractivity contribution in [3.05, 3.63) is 76.8 Å². The molecule has 0 aliphatic carbocycles. The van der Waals surface area contributed by atoms with Gasteiger partial charge in [0.25, 0.3) is 5.56 Å². The molecule has 1 amide bonds. The molecule has 0 spiro atoms. The van der Waals surface area contributed by atoms with Crippen molar-refractivity contribution < 1.29 is 14.3 Å². The van der Waals surface area contributed by atoms with Crippen LogP contribution < -0.4 is 20.3 Å². The summed E-state index contributed by atoms with van der Waals surface area (Å²) in [6.45, 7) is 5.33. The number of hydrogen-bond donors (Lipinski definition) is 1. The summed E-state index contributed by atoms with van der Waals surface area (Å²) in [6, 6.07) is 17.5. The Balaban J connectivity index is 1.38. The first-order valence-electron chi connectivity index (χ1n) is 11.3. The van der Waals surface area contributed by atoms with Crippen LogP contribution in [-0.4, -0.2) is 35.2 Å². The molecule has 4 aromatic rings. The van der Waals surface area contributed by atoms with Crippen molar-refractivity contribution in [3.63, 3.8) is 0 Å². The first-order chi connectivity index (χ1) is 16.6. The fourth-order valence-corrected chi connectivity index (χ4v) is 4.62. The molecule has 0 aliphatic heterocycles. The summed E-state index contributed by atoms with van der Waals surface area (Å²) in [4.78, 5) is 31.4. The third-order valence-corrected chi connectivity index (χ3v) is 6.33. The zero-order chi connectivity index (χ0) is 23.9. The Morgan fingerprint density at radius 1 is 1.03 bits per heavy atom. The number of benzene rings is 2. The zero-order valence-corrected chi connectivity index (χ0v) is 20.1. The van der Waals surface area contributed by atoms with E-state index in [1.807, 2.05) is 68.4 Å². The van der Waals surface area contributed by atoms with Gasteiger partial charge in [0.05, 0.1) is 24.9 Å². The van der Waals surface area contributed by atoms with Gasteiger partial charge in [-0.05, 0) is 49.6 Å². The summed E-state index contributed by atoms with van der Waals surface area (Å²) in [5.74, 6) is 1.17. The third-order valence-electron chi connectivity index (χ3n) is 5.23. The molecule has 2 aromatic carbocycles. The van der Waals surface area contributed by atoms with E-state index in [-0.39, 0.29) is 18.0 Å². The quantitative estimate of drug-likeness (QED) is 0.369. The number of amides is 1. The van der Waals surface area contributed by atoms with Gasteiger partial charge in [-0.1, -0.05) is 36.4 Å². The molecule has 7 nitrogen and oxygen atoms in total. The highest BCUT2D eigenvalue weighted by atomic mass is 32.1. The van der Waals surface area contributed by atoms with Gasteiger partial charge in [0.2, 0.25) is 5.91 Å². The summed E-state index contributed by atoms with van der Waals surface area (Å²) in [7, 11) is 0. The highest BCUT2D eigenvalue weighted by Gasteiger charge is 2.12. The standard InChI is InChI=1S/C26H27N3O4S/c1-3-32-21-11-10-18(14-22(21)33-4-2)12-13-27-24(30)16-29-17-28-25-20(26(29)31)15-23(34-25)19-8-6-5-7-9-19/h5-11,14-15,17H,3-4,12-13,16H2,1-2H3,(H,27,30).